The fourth-order valence-corrected chi connectivity index (χ4v) is 3.17. The predicted octanol–water partition coefficient (Wildman–Crippen LogP) is 2.10. The van der Waals surface area contributed by atoms with E-state index in [2.05, 4.69) is 21.3 Å². The van der Waals surface area contributed by atoms with E-state index in [1.165, 1.54) is 0 Å². The molecule has 0 aliphatic carbocycles. The molecule has 0 spiro atoms. The molecule has 3 rings (SSSR count). The van der Waals surface area contributed by atoms with Crippen molar-refractivity contribution < 1.29 is 4.79 Å². The van der Waals surface area contributed by atoms with E-state index >= 15 is 0 Å². The van der Waals surface area contributed by atoms with Gasteiger partial charge in [0.1, 0.15) is 5.82 Å². The first-order valence-electron chi connectivity index (χ1n) is 8.02. The monoisotopic (exact) mass is 288 g/mol. The van der Waals surface area contributed by atoms with Gasteiger partial charge in [0.2, 0.25) is 0 Å². The molecule has 1 aromatic rings. The standard InChI is InChI=1S/C16H24N4O/c21-16(20-9-3-4-10-20)18-13-14-6-11-19(12-7-14)15-5-1-2-8-17-15/h1-2,5,8,14H,3-4,6-7,9-13H2,(H,18,21). The second kappa shape index (κ2) is 6.78. The van der Waals surface area contributed by atoms with Gasteiger partial charge in [-0.2, -0.15) is 0 Å². The highest BCUT2D eigenvalue weighted by Gasteiger charge is 2.22. The van der Waals surface area contributed by atoms with E-state index in [0.717, 1.165) is 64.2 Å². The number of pyridine rings is 1. The highest BCUT2D eigenvalue weighted by Crippen LogP contribution is 2.21. The third-order valence-corrected chi connectivity index (χ3v) is 4.52. The van der Waals surface area contributed by atoms with Gasteiger partial charge in [-0.3, -0.25) is 0 Å². The van der Waals surface area contributed by atoms with Gasteiger partial charge < -0.3 is 15.1 Å². The van der Waals surface area contributed by atoms with E-state index in [1.54, 1.807) is 0 Å². The molecule has 0 radical (unpaired) electrons. The normalized spacial score (nSPS) is 19.8. The van der Waals surface area contributed by atoms with E-state index in [9.17, 15) is 4.79 Å². The smallest absolute Gasteiger partial charge is 0.317 e. The molecule has 3 heterocycles. The molecule has 0 unspecified atom stereocenters. The first-order valence-corrected chi connectivity index (χ1v) is 8.02. The van der Waals surface area contributed by atoms with Crippen molar-refractivity contribution in [2.75, 3.05) is 37.6 Å². The van der Waals surface area contributed by atoms with Crippen LogP contribution in [0.4, 0.5) is 10.6 Å². The van der Waals surface area contributed by atoms with Gasteiger partial charge in [-0.1, -0.05) is 6.07 Å². The number of aromatic nitrogens is 1. The van der Waals surface area contributed by atoms with Crippen LogP contribution < -0.4 is 10.2 Å². The van der Waals surface area contributed by atoms with Crippen molar-refractivity contribution in [1.82, 2.24) is 15.2 Å². The summed E-state index contributed by atoms with van der Waals surface area (Å²) in [4.78, 5) is 20.6. The van der Waals surface area contributed by atoms with Crippen molar-refractivity contribution in [1.29, 1.82) is 0 Å². The molecule has 1 N–H and O–H groups in total. The number of rotatable bonds is 3. The van der Waals surface area contributed by atoms with Crippen LogP contribution in [0.15, 0.2) is 24.4 Å². The lowest BCUT2D eigenvalue weighted by molar-refractivity contribution is 0.205. The van der Waals surface area contributed by atoms with Crippen LogP contribution in [0.3, 0.4) is 0 Å². The Morgan fingerprint density at radius 3 is 2.62 bits per heavy atom. The van der Waals surface area contributed by atoms with Crippen LogP contribution in [-0.4, -0.2) is 48.6 Å². The molecule has 21 heavy (non-hydrogen) atoms. The van der Waals surface area contributed by atoms with Crippen LogP contribution in [-0.2, 0) is 0 Å². The molecular formula is C16H24N4O. The zero-order valence-corrected chi connectivity index (χ0v) is 12.5. The third kappa shape index (κ3) is 3.65. The van der Waals surface area contributed by atoms with Crippen molar-refractivity contribution in [3.63, 3.8) is 0 Å². The van der Waals surface area contributed by atoms with Crippen LogP contribution in [0.2, 0.25) is 0 Å². The highest BCUT2D eigenvalue weighted by atomic mass is 16.2. The van der Waals surface area contributed by atoms with Crippen LogP contribution >= 0.6 is 0 Å². The summed E-state index contributed by atoms with van der Waals surface area (Å²) < 4.78 is 0. The van der Waals surface area contributed by atoms with Crippen molar-refractivity contribution in [2.24, 2.45) is 5.92 Å². The van der Waals surface area contributed by atoms with Crippen molar-refractivity contribution >= 4 is 11.8 Å². The zero-order valence-electron chi connectivity index (χ0n) is 12.5. The molecular weight excluding hydrogens is 264 g/mol. The summed E-state index contributed by atoms with van der Waals surface area (Å²) in [5.41, 5.74) is 0. The van der Waals surface area contributed by atoms with Crippen molar-refractivity contribution in [2.45, 2.75) is 25.7 Å². The Morgan fingerprint density at radius 2 is 1.95 bits per heavy atom. The van der Waals surface area contributed by atoms with Gasteiger partial charge in [0.25, 0.3) is 0 Å². The van der Waals surface area contributed by atoms with Gasteiger partial charge in [-0.05, 0) is 43.7 Å². The molecule has 5 nitrogen and oxygen atoms in total. The summed E-state index contributed by atoms with van der Waals surface area (Å²) in [6.45, 7) is 4.71. The molecule has 2 fully saturated rings. The SMILES string of the molecule is O=C(NCC1CCN(c2ccccn2)CC1)N1CCCC1. The molecule has 2 aliphatic heterocycles. The number of urea groups is 1. The number of carbonyl (C=O) groups excluding carboxylic acids is 1. The summed E-state index contributed by atoms with van der Waals surface area (Å²) >= 11 is 0. The topological polar surface area (TPSA) is 48.5 Å². The van der Waals surface area contributed by atoms with Crippen LogP contribution in [0.5, 0.6) is 0 Å². The molecule has 0 bridgehead atoms. The second-order valence-electron chi connectivity index (χ2n) is 6.00. The average molecular weight is 288 g/mol. The van der Waals surface area contributed by atoms with Crippen LogP contribution in [0, 0.1) is 5.92 Å². The maximum Gasteiger partial charge on any atom is 0.317 e. The molecule has 2 saturated heterocycles. The number of nitrogens with one attached hydrogen (secondary N) is 1. The number of amides is 2. The average Bonchev–Trinajstić information content (AvgIpc) is 3.08. The molecule has 0 saturated carbocycles. The summed E-state index contributed by atoms with van der Waals surface area (Å²) in [6.07, 6.45) is 6.39. The lowest BCUT2D eigenvalue weighted by Crippen LogP contribution is -2.43. The Kier molecular flexibility index (Phi) is 4.58. The van der Waals surface area contributed by atoms with Gasteiger partial charge in [-0.15, -0.1) is 0 Å². The maximum atomic E-state index is 12.0. The van der Waals surface area contributed by atoms with Gasteiger partial charge in [0, 0.05) is 38.9 Å². The molecule has 5 heteroatoms. The highest BCUT2D eigenvalue weighted by molar-refractivity contribution is 5.74. The first kappa shape index (κ1) is 14.2. The Morgan fingerprint density at radius 1 is 1.19 bits per heavy atom. The molecule has 1 aromatic heterocycles. The maximum absolute atomic E-state index is 12.0. The third-order valence-electron chi connectivity index (χ3n) is 4.52. The molecule has 2 aliphatic rings. The number of likely N-dealkylation sites (tertiary alicyclic amines) is 1. The van der Waals surface area contributed by atoms with E-state index in [4.69, 9.17) is 0 Å². The fraction of sp³-hybridized carbons (Fsp3) is 0.625. The minimum Gasteiger partial charge on any atom is -0.357 e. The van der Waals surface area contributed by atoms with E-state index < -0.39 is 0 Å². The number of hydrogen-bond acceptors (Lipinski definition) is 3. The molecule has 114 valence electrons. The number of piperidine rings is 1. The lowest BCUT2D eigenvalue weighted by atomic mass is 9.97. The Labute approximate surface area is 126 Å². The Hall–Kier alpha value is -1.78. The van der Waals surface area contributed by atoms with E-state index in [-0.39, 0.29) is 6.03 Å². The lowest BCUT2D eigenvalue weighted by Gasteiger charge is -2.33. The van der Waals surface area contributed by atoms with Crippen LogP contribution in [0.1, 0.15) is 25.7 Å². The minimum atomic E-state index is 0.125. The summed E-state index contributed by atoms with van der Waals surface area (Å²) in [5, 5.41) is 3.10. The molecule has 0 aromatic carbocycles. The largest absolute Gasteiger partial charge is 0.357 e. The molecule has 0 atom stereocenters. The van der Waals surface area contributed by atoms with E-state index in [1.807, 2.05) is 23.2 Å². The second-order valence-corrected chi connectivity index (χ2v) is 6.00. The predicted molar refractivity (Wildman–Crippen MR) is 83.4 cm³/mol. The quantitative estimate of drug-likeness (QED) is 0.926. The van der Waals surface area contributed by atoms with Crippen molar-refractivity contribution in [3.8, 4) is 0 Å². The van der Waals surface area contributed by atoms with Gasteiger partial charge in [-0.25, -0.2) is 9.78 Å². The van der Waals surface area contributed by atoms with Gasteiger partial charge in [0.05, 0.1) is 0 Å². The zero-order chi connectivity index (χ0) is 14.5. The van der Waals surface area contributed by atoms with E-state index in [0.29, 0.717) is 5.92 Å². The Bertz CT molecular complexity index is 451. The Balaban J connectivity index is 1.40. The van der Waals surface area contributed by atoms with Gasteiger partial charge >= 0.3 is 6.03 Å². The summed E-state index contributed by atoms with van der Waals surface area (Å²) in [7, 11) is 0. The first-order chi connectivity index (χ1) is 10.3. The number of nitrogens with zero attached hydrogens (tertiary/aromatic N) is 3. The molecule has 2 amide bonds. The number of anilines is 1. The van der Waals surface area contributed by atoms with Crippen LogP contribution in [0.25, 0.3) is 0 Å². The summed E-state index contributed by atoms with van der Waals surface area (Å²) in [6, 6.07) is 6.17. The number of carbonyl (C=O) groups is 1. The fourth-order valence-electron chi connectivity index (χ4n) is 3.17. The minimum absolute atomic E-state index is 0.125. The summed E-state index contributed by atoms with van der Waals surface area (Å²) in [5.74, 6) is 1.66. The van der Waals surface area contributed by atoms with Gasteiger partial charge in [0.15, 0.2) is 0 Å². The number of hydrogen-bond donors (Lipinski definition) is 1. The van der Waals surface area contributed by atoms with Crippen molar-refractivity contribution in [3.05, 3.63) is 24.4 Å².